The van der Waals surface area contributed by atoms with Crippen LogP contribution in [0.1, 0.15) is 16.8 Å². The maximum absolute atomic E-state index is 12.9. The molecule has 1 N–H and O–H groups in total. The minimum absolute atomic E-state index is 0.235. The molecule has 0 aliphatic heterocycles. The zero-order valence-corrected chi connectivity index (χ0v) is 10.6. The SMILES string of the molecule is Fc1ccc(C(Cl)Cc2ncc[nH]2)c(Br)c1. The Balaban J connectivity index is 2.17. The van der Waals surface area contributed by atoms with Crippen molar-refractivity contribution in [3.8, 4) is 0 Å². The summed E-state index contributed by atoms with van der Waals surface area (Å²) >= 11 is 9.54. The fraction of sp³-hybridized carbons (Fsp3) is 0.182. The van der Waals surface area contributed by atoms with Crippen molar-refractivity contribution < 1.29 is 4.39 Å². The van der Waals surface area contributed by atoms with Gasteiger partial charge in [0.25, 0.3) is 0 Å². The van der Waals surface area contributed by atoms with Gasteiger partial charge in [-0.2, -0.15) is 0 Å². The van der Waals surface area contributed by atoms with E-state index in [0.717, 1.165) is 11.4 Å². The minimum atomic E-state index is -0.280. The number of halogens is 3. The number of hydrogen-bond donors (Lipinski definition) is 1. The average molecular weight is 304 g/mol. The summed E-state index contributed by atoms with van der Waals surface area (Å²) in [6.45, 7) is 0. The van der Waals surface area contributed by atoms with Crippen molar-refractivity contribution in [3.63, 3.8) is 0 Å². The Morgan fingerprint density at radius 1 is 1.50 bits per heavy atom. The average Bonchev–Trinajstić information content (AvgIpc) is 2.70. The van der Waals surface area contributed by atoms with E-state index in [1.165, 1.54) is 12.1 Å². The summed E-state index contributed by atoms with van der Waals surface area (Å²) in [5, 5.41) is -0.235. The number of alkyl halides is 1. The van der Waals surface area contributed by atoms with Gasteiger partial charge in [-0.05, 0) is 17.7 Å². The molecule has 0 aliphatic rings. The Hall–Kier alpha value is -0.870. The highest BCUT2D eigenvalue weighted by molar-refractivity contribution is 9.10. The third-order valence-electron chi connectivity index (χ3n) is 2.23. The van der Waals surface area contributed by atoms with Crippen molar-refractivity contribution in [2.24, 2.45) is 0 Å². The molecule has 84 valence electrons. The molecule has 1 atom stereocenters. The van der Waals surface area contributed by atoms with Crippen LogP contribution in [0.2, 0.25) is 0 Å². The van der Waals surface area contributed by atoms with Crippen LogP contribution < -0.4 is 0 Å². The van der Waals surface area contributed by atoms with Crippen LogP contribution >= 0.6 is 27.5 Å². The molecule has 1 unspecified atom stereocenters. The fourth-order valence-electron chi connectivity index (χ4n) is 1.44. The normalized spacial score (nSPS) is 12.7. The summed E-state index contributed by atoms with van der Waals surface area (Å²) in [7, 11) is 0. The van der Waals surface area contributed by atoms with E-state index in [1.807, 2.05) is 0 Å². The molecule has 0 bridgehead atoms. The van der Waals surface area contributed by atoms with Crippen molar-refractivity contribution in [1.29, 1.82) is 0 Å². The van der Waals surface area contributed by atoms with Crippen LogP contribution in [0.3, 0.4) is 0 Å². The van der Waals surface area contributed by atoms with E-state index in [4.69, 9.17) is 11.6 Å². The van der Waals surface area contributed by atoms with Gasteiger partial charge >= 0.3 is 0 Å². The number of imidazole rings is 1. The zero-order valence-electron chi connectivity index (χ0n) is 8.25. The number of benzene rings is 1. The molecule has 2 aromatic rings. The Morgan fingerprint density at radius 3 is 2.94 bits per heavy atom. The second-order valence-corrected chi connectivity index (χ2v) is 4.75. The van der Waals surface area contributed by atoms with Gasteiger partial charge in [0.2, 0.25) is 0 Å². The van der Waals surface area contributed by atoms with Gasteiger partial charge in [0.15, 0.2) is 0 Å². The van der Waals surface area contributed by atoms with Crippen LogP contribution in [0.4, 0.5) is 4.39 Å². The third-order valence-corrected chi connectivity index (χ3v) is 3.30. The summed E-state index contributed by atoms with van der Waals surface area (Å²) in [5.74, 6) is 0.536. The Bertz CT molecular complexity index is 473. The van der Waals surface area contributed by atoms with E-state index in [0.29, 0.717) is 10.9 Å². The molecule has 0 aliphatic carbocycles. The molecule has 1 aromatic heterocycles. The molecular formula is C11H9BrClFN2. The molecule has 0 radical (unpaired) electrons. The highest BCUT2D eigenvalue weighted by Crippen LogP contribution is 2.30. The first-order chi connectivity index (χ1) is 7.66. The number of H-pyrrole nitrogens is 1. The van der Waals surface area contributed by atoms with Gasteiger partial charge in [0, 0.05) is 23.3 Å². The summed E-state index contributed by atoms with van der Waals surface area (Å²) in [6, 6.07) is 4.49. The Labute approximate surface area is 106 Å². The van der Waals surface area contributed by atoms with E-state index in [9.17, 15) is 4.39 Å². The number of nitrogens with zero attached hydrogens (tertiary/aromatic N) is 1. The third kappa shape index (κ3) is 2.62. The van der Waals surface area contributed by atoms with Crippen LogP contribution in [0.15, 0.2) is 35.1 Å². The molecule has 0 amide bonds. The van der Waals surface area contributed by atoms with Gasteiger partial charge in [0.05, 0.1) is 5.38 Å². The smallest absolute Gasteiger partial charge is 0.124 e. The lowest BCUT2D eigenvalue weighted by atomic mass is 10.1. The van der Waals surface area contributed by atoms with Gasteiger partial charge < -0.3 is 4.98 Å². The van der Waals surface area contributed by atoms with Crippen molar-refractivity contribution in [1.82, 2.24) is 9.97 Å². The van der Waals surface area contributed by atoms with Crippen molar-refractivity contribution in [3.05, 3.63) is 52.3 Å². The number of hydrogen-bond acceptors (Lipinski definition) is 1. The van der Waals surface area contributed by atoms with E-state index in [-0.39, 0.29) is 11.2 Å². The predicted octanol–water partition coefficient (Wildman–Crippen LogP) is 3.83. The van der Waals surface area contributed by atoms with E-state index < -0.39 is 0 Å². The largest absolute Gasteiger partial charge is 0.349 e. The molecule has 5 heteroatoms. The molecular weight excluding hydrogens is 294 g/mol. The maximum Gasteiger partial charge on any atom is 0.124 e. The fourth-order valence-corrected chi connectivity index (χ4v) is 2.54. The van der Waals surface area contributed by atoms with Crippen molar-refractivity contribution in [2.45, 2.75) is 11.8 Å². The van der Waals surface area contributed by atoms with Gasteiger partial charge in [-0.3, -0.25) is 0 Å². The predicted molar refractivity (Wildman–Crippen MR) is 65.0 cm³/mol. The molecule has 2 nitrogen and oxygen atoms in total. The molecule has 2 rings (SSSR count). The number of rotatable bonds is 3. The van der Waals surface area contributed by atoms with Crippen LogP contribution in [0.25, 0.3) is 0 Å². The summed E-state index contributed by atoms with van der Waals surface area (Å²) in [4.78, 5) is 7.08. The molecule has 1 heterocycles. The molecule has 16 heavy (non-hydrogen) atoms. The highest BCUT2D eigenvalue weighted by Gasteiger charge is 2.13. The molecule has 0 saturated carbocycles. The van der Waals surface area contributed by atoms with Crippen molar-refractivity contribution >= 4 is 27.5 Å². The molecule has 0 spiro atoms. The van der Waals surface area contributed by atoms with Gasteiger partial charge in [-0.1, -0.05) is 22.0 Å². The monoisotopic (exact) mass is 302 g/mol. The number of nitrogens with one attached hydrogen (secondary N) is 1. The summed E-state index contributed by atoms with van der Waals surface area (Å²) in [5.41, 5.74) is 0.861. The van der Waals surface area contributed by atoms with E-state index >= 15 is 0 Å². The van der Waals surface area contributed by atoms with Gasteiger partial charge in [-0.15, -0.1) is 11.6 Å². The lowest BCUT2D eigenvalue weighted by Gasteiger charge is -2.10. The second-order valence-electron chi connectivity index (χ2n) is 3.37. The second kappa shape index (κ2) is 4.97. The van der Waals surface area contributed by atoms with E-state index in [1.54, 1.807) is 18.5 Å². The molecule has 1 aromatic carbocycles. The maximum atomic E-state index is 12.9. The standard InChI is InChI=1S/C11H9BrClFN2/c12-9-5-7(14)1-2-8(9)10(13)6-11-15-3-4-16-11/h1-5,10H,6H2,(H,15,16). The quantitative estimate of drug-likeness (QED) is 0.858. The van der Waals surface area contributed by atoms with Crippen LogP contribution in [0.5, 0.6) is 0 Å². The topological polar surface area (TPSA) is 28.7 Å². The van der Waals surface area contributed by atoms with Crippen LogP contribution in [-0.4, -0.2) is 9.97 Å². The van der Waals surface area contributed by atoms with E-state index in [2.05, 4.69) is 25.9 Å². The first-order valence-electron chi connectivity index (χ1n) is 4.74. The van der Waals surface area contributed by atoms with Gasteiger partial charge in [-0.25, -0.2) is 9.37 Å². The van der Waals surface area contributed by atoms with Gasteiger partial charge in [0.1, 0.15) is 11.6 Å². The van der Waals surface area contributed by atoms with Crippen molar-refractivity contribution in [2.75, 3.05) is 0 Å². The highest BCUT2D eigenvalue weighted by atomic mass is 79.9. The molecule has 0 saturated heterocycles. The summed E-state index contributed by atoms with van der Waals surface area (Å²) < 4.78 is 13.6. The zero-order chi connectivity index (χ0) is 11.5. The minimum Gasteiger partial charge on any atom is -0.349 e. The Morgan fingerprint density at radius 2 is 2.31 bits per heavy atom. The lowest BCUT2D eigenvalue weighted by Crippen LogP contribution is -1.99. The van der Waals surface area contributed by atoms with Crippen LogP contribution in [0, 0.1) is 5.82 Å². The summed E-state index contributed by atoms with van der Waals surface area (Å²) in [6.07, 6.45) is 4.01. The first-order valence-corrected chi connectivity index (χ1v) is 5.97. The molecule has 0 fully saturated rings. The first kappa shape index (κ1) is 11.6. The van der Waals surface area contributed by atoms with Crippen LogP contribution in [-0.2, 0) is 6.42 Å². The lowest BCUT2D eigenvalue weighted by molar-refractivity contribution is 0.625. The number of aromatic amines is 1. The number of aromatic nitrogens is 2. The Kier molecular flexibility index (Phi) is 3.61.